The van der Waals surface area contributed by atoms with Crippen molar-refractivity contribution < 1.29 is 23.5 Å². The minimum atomic E-state index is -1.00. The van der Waals surface area contributed by atoms with E-state index >= 15 is 0 Å². The lowest BCUT2D eigenvalue weighted by molar-refractivity contribution is -0.138. The summed E-state index contributed by atoms with van der Waals surface area (Å²) >= 11 is 1.38. The van der Waals surface area contributed by atoms with Crippen molar-refractivity contribution in [3.63, 3.8) is 0 Å². The molecule has 1 N–H and O–H groups in total. The lowest BCUT2D eigenvalue weighted by atomic mass is 9.85. The summed E-state index contributed by atoms with van der Waals surface area (Å²) in [7, 11) is 3.95. The monoisotopic (exact) mass is 545 g/mol. The quantitative estimate of drug-likeness (QED) is 0.155. The van der Waals surface area contributed by atoms with Crippen molar-refractivity contribution in [2.45, 2.75) is 69.3 Å². The molecule has 0 aliphatic heterocycles. The maximum absolute atomic E-state index is 13.7. The molecule has 1 saturated carbocycles. The molecule has 38 heavy (non-hydrogen) atoms. The molecule has 1 fully saturated rings. The molecule has 1 aliphatic carbocycles. The third kappa shape index (κ3) is 8.29. The van der Waals surface area contributed by atoms with E-state index in [1.807, 2.05) is 51.0 Å². The first-order valence-corrected chi connectivity index (χ1v) is 14.1. The van der Waals surface area contributed by atoms with Gasteiger partial charge in [-0.3, -0.25) is 14.4 Å². The van der Waals surface area contributed by atoms with Crippen LogP contribution < -0.4 is 10.1 Å². The molecule has 1 aromatic carbocycles. The van der Waals surface area contributed by atoms with E-state index < -0.39 is 17.5 Å². The highest BCUT2D eigenvalue weighted by Crippen LogP contribution is 2.34. The van der Waals surface area contributed by atoms with Crippen molar-refractivity contribution in [1.82, 2.24) is 25.3 Å². The van der Waals surface area contributed by atoms with Crippen LogP contribution in [0, 0.1) is 5.92 Å². The molecule has 0 saturated heterocycles. The number of hydrogen-bond donors (Lipinski definition) is 1. The Kier molecular flexibility index (Phi) is 11.1. The van der Waals surface area contributed by atoms with Crippen LogP contribution in [0.25, 0.3) is 0 Å². The summed E-state index contributed by atoms with van der Waals surface area (Å²) in [5, 5.41) is 11.4. The average Bonchev–Trinajstić information content (AvgIpc) is 3.36. The SMILES string of the molecule is CC(C)CC(C(=O)c1nnc(SCCN(C)C)o1)N(C=O)C1(NC(=O)COc2ccccc2)CCCCC1. The van der Waals surface area contributed by atoms with Gasteiger partial charge in [0, 0.05) is 12.3 Å². The number of carbonyl (C=O) groups is 3. The van der Waals surface area contributed by atoms with Gasteiger partial charge >= 0.3 is 0 Å². The van der Waals surface area contributed by atoms with Crippen LogP contribution >= 0.6 is 11.8 Å². The normalized spacial score (nSPS) is 15.7. The molecule has 0 spiro atoms. The van der Waals surface area contributed by atoms with Crippen molar-refractivity contribution >= 4 is 29.9 Å². The molecule has 208 valence electrons. The summed E-state index contributed by atoms with van der Waals surface area (Å²) in [5.74, 6) is 0.517. The van der Waals surface area contributed by atoms with E-state index in [9.17, 15) is 14.4 Å². The van der Waals surface area contributed by atoms with Gasteiger partial charge in [-0.1, -0.05) is 50.2 Å². The van der Waals surface area contributed by atoms with Crippen molar-refractivity contribution in [2.24, 2.45) is 5.92 Å². The fourth-order valence-electron chi connectivity index (χ4n) is 4.64. The van der Waals surface area contributed by atoms with Gasteiger partial charge in [0.1, 0.15) is 17.5 Å². The molecular weight excluding hydrogens is 506 g/mol. The number of benzene rings is 1. The fourth-order valence-corrected chi connectivity index (χ4v) is 5.50. The first-order chi connectivity index (χ1) is 18.2. The number of hydrogen-bond acceptors (Lipinski definition) is 9. The summed E-state index contributed by atoms with van der Waals surface area (Å²) in [5.41, 5.74) is -1.00. The molecule has 11 heteroatoms. The van der Waals surface area contributed by atoms with Crippen LogP contribution in [-0.2, 0) is 9.59 Å². The summed E-state index contributed by atoms with van der Waals surface area (Å²) in [4.78, 5) is 42.9. The standard InChI is InChI=1S/C27H39N5O5S/c1-20(2)17-22(24(35)25-29-30-26(37-25)38-16-15-31(3)4)32(19-33)27(13-9-6-10-14-27)28-23(34)18-36-21-11-7-5-8-12-21/h5,7-8,11-12,19-20,22H,6,9-10,13-18H2,1-4H3,(H,28,34). The molecule has 3 rings (SSSR count). The lowest BCUT2D eigenvalue weighted by Gasteiger charge is -2.48. The van der Waals surface area contributed by atoms with Crippen molar-refractivity contribution in [3.05, 3.63) is 36.2 Å². The van der Waals surface area contributed by atoms with Crippen LogP contribution in [0.1, 0.15) is 63.1 Å². The maximum atomic E-state index is 13.7. The van der Waals surface area contributed by atoms with Gasteiger partial charge in [-0.05, 0) is 64.3 Å². The Hall–Kier alpha value is -2.92. The van der Waals surface area contributed by atoms with E-state index in [2.05, 4.69) is 15.5 Å². The highest BCUT2D eigenvalue weighted by molar-refractivity contribution is 7.99. The van der Waals surface area contributed by atoms with E-state index in [0.29, 0.717) is 36.6 Å². The summed E-state index contributed by atoms with van der Waals surface area (Å²) in [6, 6.07) is 8.21. The number of Topliss-reactive ketones (excluding diaryl/α,β-unsaturated/α-hetero) is 1. The summed E-state index contributed by atoms with van der Waals surface area (Å²) in [6.07, 6.45) is 4.78. The molecule has 2 amide bonds. The van der Waals surface area contributed by atoms with Crippen LogP contribution in [-0.4, -0.2) is 82.8 Å². The third-order valence-electron chi connectivity index (χ3n) is 6.49. The number of para-hydroxylation sites is 1. The topological polar surface area (TPSA) is 118 Å². The van der Waals surface area contributed by atoms with Crippen molar-refractivity contribution in [1.29, 1.82) is 0 Å². The zero-order chi connectivity index (χ0) is 27.5. The number of ether oxygens (including phenoxy) is 1. The minimum absolute atomic E-state index is 0.0982. The van der Waals surface area contributed by atoms with Crippen LogP contribution in [0.5, 0.6) is 5.75 Å². The average molecular weight is 546 g/mol. The molecule has 10 nitrogen and oxygen atoms in total. The molecular formula is C27H39N5O5S. The van der Waals surface area contributed by atoms with Crippen LogP contribution in [0.15, 0.2) is 40.0 Å². The number of amides is 2. The zero-order valence-electron chi connectivity index (χ0n) is 22.7. The van der Waals surface area contributed by atoms with E-state index in [0.717, 1.165) is 31.6 Å². The number of nitrogens with zero attached hydrogens (tertiary/aromatic N) is 4. The Bertz CT molecular complexity index is 1040. The van der Waals surface area contributed by atoms with E-state index in [1.54, 1.807) is 12.1 Å². The zero-order valence-corrected chi connectivity index (χ0v) is 23.5. The Morgan fingerprint density at radius 2 is 1.87 bits per heavy atom. The highest BCUT2D eigenvalue weighted by atomic mass is 32.2. The van der Waals surface area contributed by atoms with Gasteiger partial charge in [-0.15, -0.1) is 10.2 Å². The van der Waals surface area contributed by atoms with Gasteiger partial charge in [0.2, 0.25) is 12.2 Å². The van der Waals surface area contributed by atoms with Crippen molar-refractivity contribution in [3.8, 4) is 5.75 Å². The maximum Gasteiger partial charge on any atom is 0.286 e. The number of ketones is 1. The van der Waals surface area contributed by atoms with E-state index in [4.69, 9.17) is 9.15 Å². The number of nitrogens with one attached hydrogen (secondary N) is 1. The Balaban J connectivity index is 1.81. The molecule has 1 heterocycles. The second kappa shape index (κ2) is 14.3. The summed E-state index contributed by atoms with van der Waals surface area (Å²) in [6.45, 7) is 4.60. The van der Waals surface area contributed by atoms with Gasteiger partial charge in [0.25, 0.3) is 17.0 Å². The molecule has 1 aliphatic rings. The number of rotatable bonds is 15. The minimum Gasteiger partial charge on any atom is -0.484 e. The number of aromatic nitrogens is 2. The molecule has 2 aromatic rings. The van der Waals surface area contributed by atoms with E-state index in [1.165, 1.54) is 16.7 Å². The second-order valence-electron chi connectivity index (χ2n) is 10.3. The molecule has 1 unspecified atom stereocenters. The van der Waals surface area contributed by atoms with Gasteiger partial charge in [0.05, 0.1) is 0 Å². The van der Waals surface area contributed by atoms with Gasteiger partial charge in [-0.25, -0.2) is 0 Å². The molecule has 1 atom stereocenters. The molecule has 1 aromatic heterocycles. The van der Waals surface area contributed by atoms with Crippen LogP contribution in [0.4, 0.5) is 0 Å². The van der Waals surface area contributed by atoms with Gasteiger partial charge < -0.3 is 24.3 Å². The fraction of sp³-hybridized carbons (Fsp3) is 0.593. The van der Waals surface area contributed by atoms with E-state index in [-0.39, 0.29) is 24.3 Å². The predicted molar refractivity (Wildman–Crippen MR) is 145 cm³/mol. The van der Waals surface area contributed by atoms with Crippen LogP contribution in [0.2, 0.25) is 0 Å². The largest absolute Gasteiger partial charge is 0.484 e. The highest BCUT2D eigenvalue weighted by Gasteiger charge is 2.45. The van der Waals surface area contributed by atoms with Crippen LogP contribution in [0.3, 0.4) is 0 Å². The summed E-state index contributed by atoms with van der Waals surface area (Å²) < 4.78 is 11.3. The van der Waals surface area contributed by atoms with Gasteiger partial charge in [-0.2, -0.15) is 0 Å². The Labute approximate surface area is 228 Å². The Morgan fingerprint density at radius 3 is 2.50 bits per heavy atom. The molecule has 0 radical (unpaired) electrons. The lowest BCUT2D eigenvalue weighted by Crippen LogP contribution is -2.65. The third-order valence-corrected chi connectivity index (χ3v) is 7.29. The first kappa shape index (κ1) is 29.6. The predicted octanol–water partition coefficient (Wildman–Crippen LogP) is 3.63. The second-order valence-corrected chi connectivity index (χ2v) is 11.3. The van der Waals surface area contributed by atoms with Gasteiger partial charge in [0.15, 0.2) is 6.61 Å². The smallest absolute Gasteiger partial charge is 0.286 e. The number of carbonyl (C=O) groups excluding carboxylic acids is 3. The van der Waals surface area contributed by atoms with Crippen molar-refractivity contribution in [2.75, 3.05) is 33.0 Å². The molecule has 0 bridgehead atoms. The Morgan fingerprint density at radius 1 is 1.16 bits per heavy atom. The number of thioether (sulfide) groups is 1. The first-order valence-electron chi connectivity index (χ1n) is 13.1.